The first-order chi connectivity index (χ1) is 15.7. The zero-order valence-corrected chi connectivity index (χ0v) is 18.7. The molecule has 5 N–H and O–H groups in total. The number of methoxy groups -OCH3 is 1. The fraction of sp³-hybridized carbons (Fsp3) is 0.650. The van der Waals surface area contributed by atoms with Crippen molar-refractivity contribution in [1.82, 2.24) is 19.9 Å². The lowest BCUT2D eigenvalue weighted by Gasteiger charge is -2.29. The van der Waals surface area contributed by atoms with Crippen molar-refractivity contribution >= 4 is 17.3 Å². The van der Waals surface area contributed by atoms with Gasteiger partial charge in [0, 0.05) is 7.11 Å². The highest BCUT2D eigenvalue weighted by atomic mass is 19.1. The van der Waals surface area contributed by atoms with Gasteiger partial charge in [0.1, 0.15) is 55.1 Å². The van der Waals surface area contributed by atoms with E-state index in [0.717, 1.165) is 0 Å². The van der Waals surface area contributed by atoms with Crippen LogP contribution in [0.15, 0.2) is 18.5 Å². The number of nitrogens with two attached hydrogens (primary N) is 1. The van der Waals surface area contributed by atoms with Crippen LogP contribution in [0.2, 0.25) is 0 Å². The number of fused-ring (bicyclic) bond motifs is 1. The first kappa shape index (κ1) is 25.2. The van der Waals surface area contributed by atoms with Crippen LogP contribution in [-0.2, 0) is 23.7 Å². The SMILES string of the molecule is CO[C@H](C)COC(=O)[C@H](C)NCOC[C@@]1(CF)O[C@@H](c2ccc3c(N)ncnn23)[C@H](O)[C@@H]1O. The molecule has 1 aliphatic heterocycles. The van der Waals surface area contributed by atoms with Gasteiger partial charge >= 0.3 is 5.97 Å². The summed E-state index contributed by atoms with van der Waals surface area (Å²) in [4.78, 5) is 15.9. The molecule has 0 bridgehead atoms. The summed E-state index contributed by atoms with van der Waals surface area (Å²) < 4.78 is 36.8. The van der Waals surface area contributed by atoms with E-state index >= 15 is 0 Å². The molecule has 0 saturated carbocycles. The molecule has 6 atom stereocenters. The number of halogens is 1. The van der Waals surface area contributed by atoms with E-state index in [1.54, 1.807) is 26.0 Å². The molecule has 3 heterocycles. The van der Waals surface area contributed by atoms with Crippen LogP contribution in [0.25, 0.3) is 5.52 Å². The summed E-state index contributed by atoms with van der Waals surface area (Å²) in [7, 11) is 1.51. The predicted octanol–water partition coefficient (Wildman–Crippen LogP) is -0.657. The van der Waals surface area contributed by atoms with Crippen LogP contribution >= 0.6 is 0 Å². The third-order valence-corrected chi connectivity index (χ3v) is 5.62. The zero-order valence-electron chi connectivity index (χ0n) is 18.7. The van der Waals surface area contributed by atoms with Crippen LogP contribution in [-0.4, -0.2) is 94.5 Å². The summed E-state index contributed by atoms with van der Waals surface area (Å²) in [5.74, 6) is -0.281. The third-order valence-electron chi connectivity index (χ3n) is 5.62. The number of nitrogens with one attached hydrogen (secondary N) is 1. The zero-order chi connectivity index (χ0) is 24.2. The highest BCUT2D eigenvalue weighted by Crippen LogP contribution is 2.41. The number of carbonyl (C=O) groups is 1. The molecule has 0 unspecified atom stereocenters. The van der Waals surface area contributed by atoms with Gasteiger partial charge < -0.3 is 34.9 Å². The number of aliphatic hydroxyl groups is 2. The Bertz CT molecular complexity index is 947. The molecule has 2 aromatic heterocycles. The maximum absolute atomic E-state index is 14.1. The number of aromatic nitrogens is 3. The molecule has 0 aromatic carbocycles. The standard InChI is InChI=1S/C20H30FN5O7/c1-11(30-3)6-32-19(29)12(2)24-10-31-8-20(7-21)17(28)15(27)16(33-20)13-4-5-14-18(22)23-9-25-26(13)14/h4-5,9,11-12,15-17,24,27-28H,6-8,10H2,1-3H3,(H2,22,23,25)/t11-,12+,15+,16+,17+,20-/m1/s1. The molecular weight excluding hydrogens is 441 g/mol. The highest BCUT2D eigenvalue weighted by Gasteiger charge is 2.55. The van der Waals surface area contributed by atoms with Gasteiger partial charge in [0.15, 0.2) is 5.82 Å². The Morgan fingerprint density at radius 2 is 2.18 bits per heavy atom. The number of aliphatic hydroxyl groups excluding tert-OH is 2. The first-order valence-electron chi connectivity index (χ1n) is 10.4. The van der Waals surface area contributed by atoms with Gasteiger partial charge in [-0.25, -0.2) is 13.9 Å². The number of nitrogen functional groups attached to an aromatic ring is 1. The number of alkyl halides is 1. The lowest BCUT2D eigenvalue weighted by molar-refractivity contribution is -0.151. The summed E-state index contributed by atoms with van der Waals surface area (Å²) in [6, 6.07) is 2.55. The monoisotopic (exact) mass is 471 g/mol. The summed E-state index contributed by atoms with van der Waals surface area (Å²) >= 11 is 0. The molecule has 33 heavy (non-hydrogen) atoms. The predicted molar refractivity (Wildman–Crippen MR) is 113 cm³/mol. The summed E-state index contributed by atoms with van der Waals surface area (Å²) in [6.07, 6.45) is -3.09. The van der Waals surface area contributed by atoms with Gasteiger partial charge in [-0.3, -0.25) is 10.1 Å². The van der Waals surface area contributed by atoms with Crippen molar-refractivity contribution in [2.24, 2.45) is 0 Å². The Balaban J connectivity index is 1.59. The Labute approximate surface area is 189 Å². The first-order valence-corrected chi connectivity index (χ1v) is 10.4. The number of carbonyl (C=O) groups excluding carboxylic acids is 1. The lowest BCUT2D eigenvalue weighted by Crippen LogP contribution is -2.50. The number of nitrogens with zero attached hydrogens (tertiary/aromatic N) is 3. The molecule has 2 aromatic rings. The molecule has 1 aliphatic rings. The molecule has 184 valence electrons. The van der Waals surface area contributed by atoms with E-state index in [2.05, 4.69) is 15.4 Å². The average Bonchev–Trinajstić information content (AvgIpc) is 3.35. The third kappa shape index (κ3) is 5.23. The molecule has 13 heteroatoms. The van der Waals surface area contributed by atoms with E-state index in [9.17, 15) is 19.4 Å². The fourth-order valence-corrected chi connectivity index (χ4v) is 3.44. The topological polar surface area (TPSA) is 163 Å². The normalized spacial score (nSPS) is 27.0. The van der Waals surface area contributed by atoms with Crippen molar-refractivity contribution < 1.29 is 38.3 Å². The smallest absolute Gasteiger partial charge is 0.323 e. The number of hydrogen-bond donors (Lipinski definition) is 4. The van der Waals surface area contributed by atoms with Crippen LogP contribution in [0, 0.1) is 0 Å². The van der Waals surface area contributed by atoms with Crippen LogP contribution in [0.3, 0.4) is 0 Å². The van der Waals surface area contributed by atoms with Crippen molar-refractivity contribution in [3.05, 3.63) is 24.2 Å². The Hall–Kier alpha value is -2.42. The second kappa shape index (κ2) is 10.7. The number of rotatable bonds is 11. The lowest BCUT2D eigenvalue weighted by atomic mass is 9.96. The fourth-order valence-electron chi connectivity index (χ4n) is 3.44. The van der Waals surface area contributed by atoms with Crippen molar-refractivity contribution in [3.8, 4) is 0 Å². The minimum atomic E-state index is -1.81. The van der Waals surface area contributed by atoms with Crippen LogP contribution in [0.5, 0.6) is 0 Å². The van der Waals surface area contributed by atoms with Crippen LogP contribution in [0.1, 0.15) is 25.6 Å². The van der Waals surface area contributed by atoms with Gasteiger partial charge in [-0.1, -0.05) is 0 Å². The maximum atomic E-state index is 14.1. The van der Waals surface area contributed by atoms with Gasteiger partial charge in [0.05, 0.1) is 25.1 Å². The van der Waals surface area contributed by atoms with E-state index in [-0.39, 0.29) is 31.9 Å². The Kier molecular flexibility index (Phi) is 8.15. The summed E-state index contributed by atoms with van der Waals surface area (Å²) in [6.45, 7) is 1.81. The number of hydrogen-bond acceptors (Lipinski definition) is 11. The summed E-state index contributed by atoms with van der Waals surface area (Å²) in [5.41, 5.74) is 4.87. The van der Waals surface area contributed by atoms with Gasteiger partial charge in [-0.15, -0.1) is 0 Å². The van der Waals surface area contributed by atoms with E-state index in [4.69, 9.17) is 24.7 Å². The molecule has 0 spiro atoms. The van der Waals surface area contributed by atoms with Gasteiger partial charge in [-0.2, -0.15) is 5.10 Å². The Morgan fingerprint density at radius 1 is 1.42 bits per heavy atom. The van der Waals surface area contributed by atoms with Crippen LogP contribution in [0.4, 0.5) is 10.2 Å². The minimum Gasteiger partial charge on any atom is -0.462 e. The van der Waals surface area contributed by atoms with Crippen LogP contribution < -0.4 is 11.1 Å². The molecule has 0 radical (unpaired) electrons. The van der Waals surface area contributed by atoms with E-state index in [1.165, 1.54) is 18.0 Å². The van der Waals surface area contributed by atoms with Crippen molar-refractivity contribution in [2.45, 2.75) is 49.9 Å². The molecule has 1 saturated heterocycles. The van der Waals surface area contributed by atoms with Gasteiger partial charge in [0.2, 0.25) is 0 Å². The quantitative estimate of drug-likeness (QED) is 0.187. The summed E-state index contributed by atoms with van der Waals surface area (Å²) in [5, 5.41) is 28.1. The Morgan fingerprint density at radius 3 is 2.88 bits per heavy atom. The van der Waals surface area contributed by atoms with Crippen molar-refractivity contribution in [2.75, 3.05) is 39.5 Å². The van der Waals surface area contributed by atoms with Crippen molar-refractivity contribution in [3.63, 3.8) is 0 Å². The number of anilines is 1. The molecule has 3 rings (SSSR count). The van der Waals surface area contributed by atoms with Crippen molar-refractivity contribution in [1.29, 1.82) is 0 Å². The van der Waals surface area contributed by atoms with Gasteiger partial charge in [0.25, 0.3) is 0 Å². The molecular formula is C20H30FN5O7. The number of esters is 1. The highest BCUT2D eigenvalue weighted by molar-refractivity contribution is 5.75. The molecule has 12 nitrogen and oxygen atoms in total. The number of ether oxygens (including phenoxy) is 4. The largest absolute Gasteiger partial charge is 0.462 e. The molecule has 0 aliphatic carbocycles. The second-order valence-corrected chi connectivity index (χ2v) is 7.97. The maximum Gasteiger partial charge on any atom is 0.323 e. The van der Waals surface area contributed by atoms with E-state index in [1.807, 2.05) is 0 Å². The van der Waals surface area contributed by atoms with E-state index < -0.39 is 42.6 Å². The van der Waals surface area contributed by atoms with Gasteiger partial charge in [-0.05, 0) is 26.0 Å². The second-order valence-electron chi connectivity index (χ2n) is 7.97. The van der Waals surface area contributed by atoms with E-state index in [0.29, 0.717) is 11.2 Å². The minimum absolute atomic E-state index is 0.109. The molecule has 0 amide bonds. The molecule has 1 fully saturated rings. The average molecular weight is 471 g/mol.